The van der Waals surface area contributed by atoms with Crippen molar-refractivity contribution >= 4 is 5.96 Å². The summed E-state index contributed by atoms with van der Waals surface area (Å²) in [4.78, 5) is 7.41. The highest BCUT2D eigenvalue weighted by molar-refractivity contribution is 5.80. The summed E-state index contributed by atoms with van der Waals surface area (Å²) in [7, 11) is 2.01. The Morgan fingerprint density at radius 3 is 2.72 bits per heavy atom. The number of aryl methyl sites for hydroxylation is 2. The molecule has 6 nitrogen and oxygen atoms in total. The van der Waals surface area contributed by atoms with Crippen LogP contribution in [0.3, 0.4) is 0 Å². The molecule has 2 N–H and O–H groups in total. The highest BCUT2D eigenvalue weighted by atomic mass is 15.3. The molecule has 25 heavy (non-hydrogen) atoms. The molecule has 0 amide bonds. The summed E-state index contributed by atoms with van der Waals surface area (Å²) in [5.74, 6) is 1.94. The summed E-state index contributed by atoms with van der Waals surface area (Å²) >= 11 is 0. The third-order valence-electron chi connectivity index (χ3n) is 5.46. The Labute approximate surface area is 152 Å². The Morgan fingerprint density at radius 2 is 2.08 bits per heavy atom. The zero-order valence-corrected chi connectivity index (χ0v) is 16.3. The molecule has 2 aliphatic rings. The molecule has 6 heteroatoms. The van der Waals surface area contributed by atoms with E-state index in [1.165, 1.54) is 43.6 Å². The van der Waals surface area contributed by atoms with Crippen LogP contribution in [0.15, 0.2) is 4.99 Å². The van der Waals surface area contributed by atoms with E-state index in [0.29, 0.717) is 6.04 Å². The number of nitrogens with one attached hydrogen (secondary N) is 2. The van der Waals surface area contributed by atoms with Gasteiger partial charge in [0.15, 0.2) is 5.96 Å². The van der Waals surface area contributed by atoms with Gasteiger partial charge in [-0.1, -0.05) is 0 Å². The molecule has 0 unspecified atom stereocenters. The smallest absolute Gasteiger partial charge is 0.191 e. The lowest BCUT2D eigenvalue weighted by atomic mass is 10.1. The van der Waals surface area contributed by atoms with E-state index < -0.39 is 0 Å². The molecule has 2 heterocycles. The van der Waals surface area contributed by atoms with Gasteiger partial charge in [-0.05, 0) is 57.9 Å². The average molecular weight is 347 g/mol. The predicted molar refractivity (Wildman–Crippen MR) is 103 cm³/mol. The zero-order chi connectivity index (χ0) is 17.8. The number of nitrogens with zero attached hydrogens (tertiary/aromatic N) is 4. The largest absolute Gasteiger partial charge is 0.357 e. The second kappa shape index (κ2) is 8.21. The molecule has 1 saturated carbocycles. The lowest BCUT2D eigenvalue weighted by Gasteiger charge is -2.18. The van der Waals surface area contributed by atoms with Crippen molar-refractivity contribution in [1.82, 2.24) is 25.3 Å². The monoisotopic (exact) mass is 346 g/mol. The summed E-state index contributed by atoms with van der Waals surface area (Å²) in [6.07, 6.45) is 5.04. The van der Waals surface area contributed by atoms with E-state index in [2.05, 4.69) is 41.4 Å². The van der Waals surface area contributed by atoms with Crippen molar-refractivity contribution in [2.45, 2.75) is 52.5 Å². The molecule has 1 aromatic rings. The molecular weight excluding hydrogens is 312 g/mol. The predicted octanol–water partition coefficient (Wildman–Crippen LogP) is 1.62. The Kier molecular flexibility index (Phi) is 5.99. The summed E-state index contributed by atoms with van der Waals surface area (Å²) in [5.41, 5.74) is 3.70. The molecule has 0 radical (unpaired) electrons. The van der Waals surface area contributed by atoms with Crippen LogP contribution >= 0.6 is 0 Å². The van der Waals surface area contributed by atoms with Crippen LogP contribution in [0.1, 0.15) is 43.1 Å². The molecular formula is C19H34N6. The minimum absolute atomic E-state index is 0.526. The first-order valence-corrected chi connectivity index (χ1v) is 9.83. The maximum absolute atomic E-state index is 4.80. The Bertz CT molecular complexity index is 601. The molecule has 140 valence electrons. The molecule has 2 fully saturated rings. The lowest BCUT2D eigenvalue weighted by Crippen LogP contribution is -2.44. The number of likely N-dealkylation sites (tertiary alicyclic amines) is 1. The average Bonchev–Trinajstić information content (AvgIpc) is 3.22. The van der Waals surface area contributed by atoms with E-state index in [0.717, 1.165) is 43.6 Å². The van der Waals surface area contributed by atoms with Crippen LogP contribution in [0, 0.1) is 19.8 Å². The Balaban J connectivity index is 1.50. The maximum Gasteiger partial charge on any atom is 0.191 e. The highest BCUT2D eigenvalue weighted by Crippen LogP contribution is 2.30. The molecule has 0 aromatic carbocycles. The number of guanidine groups is 1. The van der Waals surface area contributed by atoms with Crippen molar-refractivity contribution in [2.75, 3.05) is 32.7 Å². The number of hydrogen-bond donors (Lipinski definition) is 2. The molecule has 1 atom stereocenters. The standard InChI is InChI=1S/C19H34N6/c1-5-20-19(21-10-8-18-14(2)23-24(4)15(18)3)22-17-9-11-25(13-17)12-16-6-7-16/h16-17H,5-13H2,1-4H3,(H2,20,21,22)/t17-/m1/s1. The van der Waals surface area contributed by atoms with Crippen LogP contribution in [-0.2, 0) is 13.5 Å². The van der Waals surface area contributed by atoms with E-state index in [1.54, 1.807) is 0 Å². The van der Waals surface area contributed by atoms with Gasteiger partial charge < -0.3 is 15.5 Å². The Hall–Kier alpha value is -1.56. The van der Waals surface area contributed by atoms with E-state index in [1.807, 2.05) is 11.7 Å². The Morgan fingerprint density at radius 1 is 1.28 bits per heavy atom. The first kappa shape index (κ1) is 18.2. The molecule has 0 bridgehead atoms. The van der Waals surface area contributed by atoms with Gasteiger partial charge in [0.2, 0.25) is 0 Å². The van der Waals surface area contributed by atoms with Gasteiger partial charge in [-0.15, -0.1) is 0 Å². The maximum atomic E-state index is 4.80. The van der Waals surface area contributed by atoms with Gasteiger partial charge in [0.05, 0.1) is 5.69 Å². The summed E-state index contributed by atoms with van der Waals surface area (Å²) in [6, 6.07) is 0.526. The molecule has 0 spiro atoms. The highest BCUT2D eigenvalue weighted by Gasteiger charge is 2.29. The number of hydrogen-bond acceptors (Lipinski definition) is 3. The third kappa shape index (κ3) is 4.97. The second-order valence-corrected chi connectivity index (χ2v) is 7.62. The molecule has 1 aliphatic carbocycles. The van der Waals surface area contributed by atoms with Crippen molar-refractivity contribution in [2.24, 2.45) is 18.0 Å². The van der Waals surface area contributed by atoms with Crippen LogP contribution in [0.4, 0.5) is 0 Å². The number of rotatable bonds is 7. The molecule has 1 aromatic heterocycles. The van der Waals surface area contributed by atoms with Crippen LogP contribution in [0.2, 0.25) is 0 Å². The van der Waals surface area contributed by atoms with Gasteiger partial charge in [0.25, 0.3) is 0 Å². The van der Waals surface area contributed by atoms with Crippen LogP contribution in [0.25, 0.3) is 0 Å². The summed E-state index contributed by atoms with van der Waals surface area (Å²) in [6.45, 7) is 11.7. The van der Waals surface area contributed by atoms with Crippen molar-refractivity contribution in [3.8, 4) is 0 Å². The fourth-order valence-electron chi connectivity index (χ4n) is 3.75. The van der Waals surface area contributed by atoms with Crippen molar-refractivity contribution < 1.29 is 0 Å². The van der Waals surface area contributed by atoms with Gasteiger partial charge in [-0.3, -0.25) is 9.67 Å². The zero-order valence-electron chi connectivity index (χ0n) is 16.3. The topological polar surface area (TPSA) is 57.5 Å². The van der Waals surface area contributed by atoms with Crippen LogP contribution < -0.4 is 10.6 Å². The molecule has 1 aliphatic heterocycles. The van der Waals surface area contributed by atoms with Gasteiger partial charge in [-0.2, -0.15) is 5.10 Å². The fourth-order valence-corrected chi connectivity index (χ4v) is 3.75. The van der Waals surface area contributed by atoms with Gasteiger partial charge in [-0.25, -0.2) is 0 Å². The van der Waals surface area contributed by atoms with E-state index in [-0.39, 0.29) is 0 Å². The fraction of sp³-hybridized carbons (Fsp3) is 0.789. The van der Waals surface area contributed by atoms with Crippen molar-refractivity contribution in [3.63, 3.8) is 0 Å². The lowest BCUT2D eigenvalue weighted by molar-refractivity contribution is 0.318. The number of aromatic nitrogens is 2. The van der Waals surface area contributed by atoms with Gasteiger partial charge in [0, 0.05) is 51.5 Å². The quantitative estimate of drug-likeness (QED) is 0.582. The first-order valence-electron chi connectivity index (χ1n) is 9.83. The van der Waals surface area contributed by atoms with E-state index >= 15 is 0 Å². The minimum Gasteiger partial charge on any atom is -0.357 e. The van der Waals surface area contributed by atoms with Gasteiger partial charge in [0.1, 0.15) is 0 Å². The van der Waals surface area contributed by atoms with Crippen LogP contribution in [0.5, 0.6) is 0 Å². The van der Waals surface area contributed by atoms with Gasteiger partial charge >= 0.3 is 0 Å². The SMILES string of the molecule is CCNC(=NCCc1c(C)nn(C)c1C)N[C@@H]1CCN(CC2CC2)C1. The van der Waals surface area contributed by atoms with Crippen molar-refractivity contribution in [3.05, 3.63) is 17.0 Å². The first-order chi connectivity index (χ1) is 12.1. The van der Waals surface area contributed by atoms with Crippen molar-refractivity contribution in [1.29, 1.82) is 0 Å². The third-order valence-corrected chi connectivity index (χ3v) is 5.46. The van der Waals surface area contributed by atoms with Crippen LogP contribution in [-0.4, -0.2) is 59.4 Å². The van der Waals surface area contributed by atoms with E-state index in [4.69, 9.17) is 4.99 Å². The molecule has 3 rings (SSSR count). The minimum atomic E-state index is 0.526. The normalized spacial score (nSPS) is 21.8. The van der Waals surface area contributed by atoms with E-state index in [9.17, 15) is 0 Å². The summed E-state index contributed by atoms with van der Waals surface area (Å²) < 4.78 is 1.96. The summed E-state index contributed by atoms with van der Waals surface area (Å²) in [5, 5.41) is 11.5. The molecule has 1 saturated heterocycles. The second-order valence-electron chi connectivity index (χ2n) is 7.62. The number of aliphatic imine (C=N–C) groups is 1.